The summed E-state index contributed by atoms with van der Waals surface area (Å²) in [7, 11) is 0. The Morgan fingerprint density at radius 3 is 2.31 bits per heavy atom. The molecule has 4 nitrogen and oxygen atoms in total. The molecule has 1 fully saturated rings. The zero-order valence-corrected chi connectivity index (χ0v) is 19.3. The van der Waals surface area contributed by atoms with Gasteiger partial charge in [-0.3, -0.25) is 0 Å². The van der Waals surface area contributed by atoms with Crippen LogP contribution in [0.3, 0.4) is 0 Å². The van der Waals surface area contributed by atoms with Crippen LogP contribution in [0.2, 0.25) is 5.02 Å². The van der Waals surface area contributed by atoms with Gasteiger partial charge in [-0.25, -0.2) is 4.79 Å². The molecular formula is C20H21Cl5N2O2. The molecule has 0 spiro atoms. The number of ether oxygens (including phenoxy) is 1. The molecule has 0 saturated carbocycles. The van der Waals surface area contributed by atoms with Crippen molar-refractivity contribution in [2.45, 2.75) is 16.3 Å². The number of rotatable bonds is 4. The van der Waals surface area contributed by atoms with Crippen LogP contribution in [0, 0.1) is 0 Å². The summed E-state index contributed by atoms with van der Waals surface area (Å²) in [6.45, 7) is 1.57. The topological polar surface area (TPSA) is 32.8 Å². The number of anilines is 1. The van der Waals surface area contributed by atoms with E-state index in [-0.39, 0.29) is 25.1 Å². The quantitative estimate of drug-likeness (QED) is 0.485. The molecule has 29 heavy (non-hydrogen) atoms. The number of halogens is 5. The van der Waals surface area contributed by atoms with Gasteiger partial charge in [0.1, 0.15) is 6.61 Å². The maximum atomic E-state index is 12.6. The fourth-order valence-corrected chi connectivity index (χ4v) is 3.56. The lowest BCUT2D eigenvalue weighted by molar-refractivity contribution is 0.0828. The lowest BCUT2D eigenvalue weighted by Gasteiger charge is -2.42. The second kappa shape index (κ2) is 10.8. The van der Waals surface area contributed by atoms with Crippen LogP contribution in [-0.2, 0) is 11.2 Å². The summed E-state index contributed by atoms with van der Waals surface area (Å²) in [5.74, 6) is 0. The fourth-order valence-electron chi connectivity index (χ4n) is 3.27. The molecule has 2 aromatic rings. The predicted molar refractivity (Wildman–Crippen MR) is 123 cm³/mol. The Bertz CT molecular complexity index is 784. The third kappa shape index (κ3) is 7.30. The van der Waals surface area contributed by atoms with Crippen LogP contribution in [0.25, 0.3) is 0 Å². The maximum Gasteiger partial charge on any atom is 0.410 e. The predicted octanol–water partition coefficient (Wildman–Crippen LogP) is 6.00. The van der Waals surface area contributed by atoms with Gasteiger partial charge in [-0.15, -0.1) is 12.4 Å². The van der Waals surface area contributed by atoms with Crippen LogP contribution >= 0.6 is 58.8 Å². The third-order valence-corrected chi connectivity index (χ3v) is 5.16. The lowest BCUT2D eigenvalue weighted by Crippen LogP contribution is -2.56. The number of carbonyl (C=O) groups excluding carboxylic acids is 1. The number of hydrogen-bond acceptors (Lipinski definition) is 3. The Morgan fingerprint density at radius 1 is 1.03 bits per heavy atom. The van der Waals surface area contributed by atoms with Gasteiger partial charge in [-0.1, -0.05) is 76.7 Å². The first-order chi connectivity index (χ1) is 13.3. The third-order valence-electron chi connectivity index (χ3n) is 4.58. The molecule has 1 heterocycles. The molecular weight excluding hydrogens is 477 g/mol. The molecule has 0 bridgehead atoms. The normalized spacial score (nSPS) is 16.9. The van der Waals surface area contributed by atoms with E-state index in [0.29, 0.717) is 31.1 Å². The van der Waals surface area contributed by atoms with E-state index in [4.69, 9.17) is 51.1 Å². The lowest BCUT2D eigenvalue weighted by atomic mass is 10.0. The Morgan fingerprint density at radius 2 is 1.69 bits per heavy atom. The fraction of sp³-hybridized carbons (Fsp3) is 0.350. The van der Waals surface area contributed by atoms with E-state index in [1.807, 2.05) is 54.6 Å². The Hall–Kier alpha value is -1.04. The van der Waals surface area contributed by atoms with E-state index in [0.717, 1.165) is 11.3 Å². The van der Waals surface area contributed by atoms with Gasteiger partial charge in [-0.05, 0) is 36.2 Å². The maximum absolute atomic E-state index is 12.6. The summed E-state index contributed by atoms with van der Waals surface area (Å²) < 4.78 is 3.60. The highest BCUT2D eigenvalue weighted by atomic mass is 35.6. The van der Waals surface area contributed by atoms with Crippen LogP contribution < -0.4 is 4.90 Å². The largest absolute Gasteiger partial charge is 0.445 e. The van der Waals surface area contributed by atoms with Crippen LogP contribution in [0.15, 0.2) is 54.6 Å². The molecule has 3 rings (SSSR count). The molecule has 2 aromatic carbocycles. The monoisotopic (exact) mass is 496 g/mol. The average molecular weight is 499 g/mol. The molecule has 1 aliphatic rings. The summed E-state index contributed by atoms with van der Waals surface area (Å²) in [4.78, 5) is 16.6. The minimum absolute atomic E-state index is 0. The Balaban J connectivity index is 0.00000300. The minimum Gasteiger partial charge on any atom is -0.445 e. The zero-order chi connectivity index (χ0) is 20.1. The van der Waals surface area contributed by atoms with Crippen LogP contribution in [0.5, 0.6) is 0 Å². The number of hydrogen-bond donors (Lipinski definition) is 0. The number of piperazine rings is 1. The van der Waals surface area contributed by atoms with Gasteiger partial charge in [-0.2, -0.15) is 0 Å². The highest BCUT2D eigenvalue weighted by Gasteiger charge is 2.33. The average Bonchev–Trinajstić information content (AvgIpc) is 2.67. The van der Waals surface area contributed by atoms with E-state index >= 15 is 0 Å². The molecule has 0 unspecified atom stereocenters. The first kappa shape index (κ1) is 24.2. The van der Waals surface area contributed by atoms with E-state index in [1.54, 1.807) is 4.90 Å². The second-order valence-electron chi connectivity index (χ2n) is 6.63. The zero-order valence-electron chi connectivity index (χ0n) is 15.4. The van der Waals surface area contributed by atoms with Gasteiger partial charge in [0, 0.05) is 30.3 Å². The van der Waals surface area contributed by atoms with Crippen molar-refractivity contribution in [2.24, 2.45) is 0 Å². The van der Waals surface area contributed by atoms with Crippen molar-refractivity contribution in [1.29, 1.82) is 0 Å². The molecule has 0 N–H and O–H groups in total. The van der Waals surface area contributed by atoms with Crippen LogP contribution in [-0.4, -0.2) is 47.1 Å². The van der Waals surface area contributed by atoms with E-state index in [9.17, 15) is 4.79 Å². The molecule has 0 aliphatic carbocycles. The van der Waals surface area contributed by atoms with E-state index < -0.39 is 9.89 Å². The first-order valence-electron chi connectivity index (χ1n) is 8.86. The first-order valence-corrected chi connectivity index (χ1v) is 10.4. The summed E-state index contributed by atoms with van der Waals surface area (Å²) >= 11 is 23.1. The van der Waals surface area contributed by atoms with Gasteiger partial charge in [0.05, 0.1) is 6.04 Å². The van der Waals surface area contributed by atoms with Crippen molar-refractivity contribution >= 4 is 70.6 Å². The van der Waals surface area contributed by atoms with Gasteiger partial charge in [0.25, 0.3) is 0 Å². The molecule has 1 saturated heterocycles. The molecule has 1 atom stereocenters. The van der Waals surface area contributed by atoms with Crippen molar-refractivity contribution in [1.82, 2.24) is 4.90 Å². The van der Waals surface area contributed by atoms with Gasteiger partial charge >= 0.3 is 6.09 Å². The van der Waals surface area contributed by atoms with Gasteiger partial charge in [0.15, 0.2) is 0 Å². The number of nitrogens with zero attached hydrogens (tertiary/aromatic N) is 2. The second-order valence-corrected chi connectivity index (χ2v) is 9.58. The highest BCUT2D eigenvalue weighted by Crippen LogP contribution is 2.27. The van der Waals surface area contributed by atoms with Crippen molar-refractivity contribution < 1.29 is 9.53 Å². The smallest absolute Gasteiger partial charge is 0.410 e. The van der Waals surface area contributed by atoms with Crippen LogP contribution in [0.4, 0.5) is 10.5 Å². The number of carbonyl (C=O) groups is 1. The van der Waals surface area contributed by atoms with Crippen molar-refractivity contribution in [3.63, 3.8) is 0 Å². The summed E-state index contributed by atoms with van der Waals surface area (Å²) in [6, 6.07) is 17.7. The highest BCUT2D eigenvalue weighted by molar-refractivity contribution is 6.67. The molecule has 1 aliphatic heterocycles. The number of benzene rings is 2. The summed E-state index contributed by atoms with van der Waals surface area (Å²) in [5, 5.41) is 0.693. The SMILES string of the molecule is Cl.O=C(OCC(Cl)(Cl)Cl)N1CCN(c2ccc(Cl)cc2)C[C@H]1Cc1ccccc1. The summed E-state index contributed by atoms with van der Waals surface area (Å²) in [5.41, 5.74) is 2.21. The van der Waals surface area contributed by atoms with E-state index in [1.165, 1.54) is 0 Å². The van der Waals surface area contributed by atoms with Gasteiger partial charge in [0.2, 0.25) is 3.79 Å². The number of alkyl halides is 3. The molecule has 158 valence electrons. The van der Waals surface area contributed by atoms with E-state index in [2.05, 4.69) is 4.90 Å². The molecule has 0 radical (unpaired) electrons. The Labute approximate surface area is 197 Å². The standard InChI is InChI=1S/C20H20Cl4N2O2.ClH/c21-16-6-8-17(9-7-16)25-10-11-26(19(27)28-14-20(22,23)24)18(13-25)12-15-4-2-1-3-5-15;/h1-9,18H,10-14H2;1H/t18-;/m1./s1. The Kier molecular flexibility index (Phi) is 9.05. The summed E-state index contributed by atoms with van der Waals surface area (Å²) in [6.07, 6.45) is 0.233. The van der Waals surface area contributed by atoms with Crippen molar-refractivity contribution in [3.8, 4) is 0 Å². The van der Waals surface area contributed by atoms with Crippen molar-refractivity contribution in [3.05, 3.63) is 65.2 Å². The molecule has 9 heteroatoms. The van der Waals surface area contributed by atoms with Crippen molar-refractivity contribution in [2.75, 3.05) is 31.1 Å². The van der Waals surface area contributed by atoms with Crippen LogP contribution in [0.1, 0.15) is 5.56 Å². The molecule has 1 amide bonds. The minimum atomic E-state index is -1.63. The number of amides is 1. The van der Waals surface area contributed by atoms with Gasteiger partial charge < -0.3 is 14.5 Å². The molecule has 0 aromatic heterocycles.